The molecule has 2 aliphatic heterocycles. The van der Waals surface area contributed by atoms with Gasteiger partial charge in [0, 0.05) is 28.0 Å². The Hall–Kier alpha value is -4.76. The molecule has 0 atom stereocenters. The van der Waals surface area contributed by atoms with Gasteiger partial charge in [-0.05, 0) is 186 Å². The molecule has 0 N–H and O–H groups in total. The maximum atomic E-state index is 7.56. The van der Waals surface area contributed by atoms with Crippen LogP contribution in [0.5, 0.6) is 0 Å². The largest absolute Gasteiger partial charge is 0.470 e. The Morgan fingerprint density at radius 2 is 1.15 bits per heavy atom. The lowest BCUT2D eigenvalue weighted by Gasteiger charge is -2.46. The predicted molar refractivity (Wildman–Crippen MR) is 289 cm³/mol. The summed E-state index contributed by atoms with van der Waals surface area (Å²) in [6.45, 7) is 33.7. The van der Waals surface area contributed by atoms with Crippen LogP contribution in [0.1, 0.15) is 216 Å². The molecule has 67 heavy (non-hydrogen) atoms. The van der Waals surface area contributed by atoms with Crippen molar-refractivity contribution in [2.24, 2.45) is 0 Å². The SMILES string of the molecule is CC(C)(C)c1ccc(C2=Cc3cc(C4CCCCC4)cc4c3B(c3cc5c(cc3N4c3ccc4c(c3)C(C)(C)CCC4(C)C)C(C)(C)CCC5(C)C)c3oc4ccc(C(C)(C)C)cc4c32)cc1. The third-order valence-electron chi connectivity index (χ3n) is 17.9. The second-order valence-corrected chi connectivity index (χ2v) is 26.6. The molecular formula is C64H76BNO. The highest BCUT2D eigenvalue weighted by molar-refractivity contribution is 6.98. The molecule has 0 radical (unpaired) electrons. The van der Waals surface area contributed by atoms with Gasteiger partial charge in [-0.15, -0.1) is 0 Å². The third-order valence-corrected chi connectivity index (χ3v) is 17.9. The minimum Gasteiger partial charge on any atom is -0.470 e. The number of rotatable bonds is 3. The zero-order valence-electron chi connectivity index (χ0n) is 43.5. The van der Waals surface area contributed by atoms with Crippen LogP contribution in [0.3, 0.4) is 0 Å². The van der Waals surface area contributed by atoms with Crippen molar-refractivity contribution in [3.8, 4) is 0 Å². The average Bonchev–Trinajstić information content (AvgIpc) is 3.58. The first-order valence-electron chi connectivity index (χ1n) is 26.1. The second kappa shape index (κ2) is 14.9. The average molecular weight is 886 g/mol. The van der Waals surface area contributed by atoms with E-state index in [1.54, 1.807) is 0 Å². The Labute approximate surface area is 404 Å². The van der Waals surface area contributed by atoms with Gasteiger partial charge in [0.15, 0.2) is 0 Å². The molecule has 0 saturated heterocycles. The van der Waals surface area contributed by atoms with Crippen molar-refractivity contribution in [1.82, 2.24) is 0 Å². The van der Waals surface area contributed by atoms with Gasteiger partial charge < -0.3 is 9.32 Å². The van der Waals surface area contributed by atoms with E-state index < -0.39 is 0 Å². The van der Waals surface area contributed by atoms with Crippen LogP contribution < -0.4 is 21.5 Å². The molecule has 1 saturated carbocycles. The molecule has 0 amide bonds. The molecule has 3 aliphatic carbocycles. The summed E-state index contributed by atoms with van der Waals surface area (Å²) in [5.74, 6) is 0.542. The number of nitrogens with zero attached hydrogens (tertiary/aromatic N) is 1. The predicted octanol–water partition coefficient (Wildman–Crippen LogP) is 16.0. The zero-order chi connectivity index (χ0) is 47.4. The van der Waals surface area contributed by atoms with E-state index in [4.69, 9.17) is 4.42 Å². The molecule has 0 spiro atoms. The van der Waals surface area contributed by atoms with Crippen molar-refractivity contribution in [1.29, 1.82) is 0 Å². The monoisotopic (exact) mass is 886 g/mol. The Kier molecular flexibility index (Phi) is 9.93. The van der Waals surface area contributed by atoms with Gasteiger partial charge in [-0.3, -0.25) is 0 Å². The summed E-state index contributed by atoms with van der Waals surface area (Å²) >= 11 is 0. The standard InChI is InChI=1S/C64H76BNO/c1-59(2,3)43-22-20-40(21-23-43)46-33-42-32-41(39-18-16-15-17-19-39)34-54-57(42)65(58-56(46)47-35-44(60(4,5)6)24-27-55(47)67-58)52-37-50-51(64(13,14)31-30-63(50,11)12)38-53(52)66(54)45-25-26-48-49(36-45)62(9,10)29-28-61(48,7)8/h20-27,32-39H,15-19,28-31H2,1-14H3. The minimum absolute atomic E-state index is 0.0135. The van der Waals surface area contributed by atoms with Crippen LogP contribution in [-0.4, -0.2) is 6.71 Å². The van der Waals surface area contributed by atoms with Crippen molar-refractivity contribution in [2.75, 3.05) is 4.90 Å². The van der Waals surface area contributed by atoms with Gasteiger partial charge in [0.2, 0.25) is 0 Å². The molecule has 5 aromatic carbocycles. The maximum absolute atomic E-state index is 7.56. The lowest BCUT2D eigenvalue weighted by molar-refractivity contribution is 0.332. The number of benzene rings is 5. The fourth-order valence-electron chi connectivity index (χ4n) is 13.2. The molecule has 6 aromatic rings. The van der Waals surface area contributed by atoms with E-state index in [1.807, 2.05) is 0 Å². The molecule has 3 heteroatoms. The topological polar surface area (TPSA) is 16.4 Å². The fraction of sp³-hybridized carbons (Fsp3) is 0.469. The van der Waals surface area contributed by atoms with E-state index in [9.17, 15) is 0 Å². The first-order chi connectivity index (χ1) is 31.4. The minimum atomic E-state index is -0.0983. The van der Waals surface area contributed by atoms with Crippen LogP contribution in [0.2, 0.25) is 0 Å². The van der Waals surface area contributed by atoms with Gasteiger partial charge in [-0.2, -0.15) is 0 Å². The molecule has 1 aromatic heterocycles. The summed E-state index contributed by atoms with van der Waals surface area (Å²) in [7, 11) is 0. The van der Waals surface area contributed by atoms with Gasteiger partial charge >= 0.3 is 0 Å². The summed E-state index contributed by atoms with van der Waals surface area (Å²) < 4.78 is 7.56. The van der Waals surface area contributed by atoms with Crippen LogP contribution in [0.4, 0.5) is 17.1 Å². The van der Waals surface area contributed by atoms with Crippen LogP contribution in [0.15, 0.2) is 89.3 Å². The summed E-state index contributed by atoms with van der Waals surface area (Å²) in [6, 6.07) is 34.8. The van der Waals surface area contributed by atoms with E-state index in [0.29, 0.717) is 5.92 Å². The second-order valence-electron chi connectivity index (χ2n) is 26.6. The third kappa shape index (κ3) is 7.16. The molecule has 11 rings (SSSR count). The van der Waals surface area contributed by atoms with Gasteiger partial charge in [0.25, 0.3) is 6.71 Å². The highest BCUT2D eigenvalue weighted by Crippen LogP contribution is 2.52. The Balaban J connectivity index is 1.29. The number of hydrogen-bond donors (Lipinski definition) is 0. The van der Waals surface area contributed by atoms with E-state index in [1.165, 1.54) is 152 Å². The molecule has 346 valence electrons. The first-order valence-corrected chi connectivity index (χ1v) is 26.1. The quantitative estimate of drug-likeness (QED) is 0.164. The van der Waals surface area contributed by atoms with Crippen LogP contribution in [0, 0.1) is 0 Å². The zero-order valence-corrected chi connectivity index (χ0v) is 43.5. The number of hydrogen-bond acceptors (Lipinski definition) is 2. The van der Waals surface area contributed by atoms with E-state index in [2.05, 4.69) is 193 Å². The summed E-state index contributed by atoms with van der Waals surface area (Å²) in [5, 5.41) is 1.22. The van der Waals surface area contributed by atoms with Crippen molar-refractivity contribution >= 4 is 63.0 Å². The van der Waals surface area contributed by atoms with Crippen LogP contribution in [-0.2, 0) is 32.5 Å². The van der Waals surface area contributed by atoms with Gasteiger partial charge in [0.05, 0.1) is 5.66 Å². The molecule has 0 unspecified atom stereocenters. The first kappa shape index (κ1) is 44.7. The molecule has 3 heterocycles. The molecule has 1 fully saturated rings. The highest BCUT2D eigenvalue weighted by Gasteiger charge is 2.47. The normalized spacial score (nSPS) is 20.3. The lowest BCUT2D eigenvalue weighted by Crippen LogP contribution is -2.58. The van der Waals surface area contributed by atoms with Crippen molar-refractivity contribution in [3.05, 3.63) is 141 Å². The maximum Gasteiger partial charge on any atom is 0.293 e. The number of anilines is 3. The molecule has 5 aliphatic rings. The van der Waals surface area contributed by atoms with Gasteiger partial charge in [-0.25, -0.2) is 0 Å². The van der Waals surface area contributed by atoms with Crippen molar-refractivity contribution in [3.63, 3.8) is 0 Å². The van der Waals surface area contributed by atoms with Crippen LogP contribution in [0.25, 0.3) is 22.6 Å². The molecule has 0 bridgehead atoms. The summed E-state index contributed by atoms with van der Waals surface area (Å²) in [4.78, 5) is 2.74. The Morgan fingerprint density at radius 1 is 0.567 bits per heavy atom. The van der Waals surface area contributed by atoms with E-state index in [0.717, 1.165) is 11.2 Å². The Morgan fingerprint density at radius 3 is 1.78 bits per heavy atom. The van der Waals surface area contributed by atoms with E-state index in [-0.39, 0.29) is 39.2 Å². The highest BCUT2D eigenvalue weighted by atomic mass is 16.3. The van der Waals surface area contributed by atoms with Crippen molar-refractivity contribution < 1.29 is 4.42 Å². The molecular weight excluding hydrogens is 810 g/mol. The van der Waals surface area contributed by atoms with Crippen LogP contribution >= 0.6 is 0 Å². The molecule has 2 nitrogen and oxygen atoms in total. The number of fused-ring (bicyclic) bond motifs is 8. The Bertz CT molecular complexity index is 3020. The number of furan rings is 1. The van der Waals surface area contributed by atoms with E-state index >= 15 is 0 Å². The summed E-state index contributed by atoms with van der Waals surface area (Å²) in [5.41, 5.74) is 24.4. The lowest BCUT2D eigenvalue weighted by atomic mass is 9.35. The van der Waals surface area contributed by atoms with Gasteiger partial charge in [-0.1, -0.05) is 165 Å². The summed E-state index contributed by atoms with van der Waals surface area (Å²) in [6.07, 6.45) is 13.8. The van der Waals surface area contributed by atoms with Crippen molar-refractivity contribution in [2.45, 2.75) is 193 Å². The smallest absolute Gasteiger partial charge is 0.293 e. The van der Waals surface area contributed by atoms with Gasteiger partial charge in [0.1, 0.15) is 5.58 Å². The fourth-order valence-corrected chi connectivity index (χ4v) is 13.2.